The number of hydrogen-bond donors (Lipinski definition) is 4. The first-order valence-corrected chi connectivity index (χ1v) is 7.62. The average molecular weight is 329 g/mol. The molecule has 0 aliphatic heterocycles. The zero-order valence-electron chi connectivity index (χ0n) is 13.3. The summed E-state index contributed by atoms with van der Waals surface area (Å²) in [5, 5.41) is 20.1. The number of nitrogens with one attached hydrogen (secondary N) is 2. The molecule has 1 amide bonds. The molecule has 0 saturated heterocycles. The summed E-state index contributed by atoms with van der Waals surface area (Å²) in [5.74, 6) is -0.803. The van der Waals surface area contributed by atoms with Gasteiger partial charge in [-0.3, -0.25) is 10.2 Å². The Morgan fingerprint density at radius 2 is 2.04 bits per heavy atom. The molecule has 0 heterocycles. The van der Waals surface area contributed by atoms with Crippen molar-refractivity contribution in [3.8, 4) is 0 Å². The Labute approximate surface area is 139 Å². The highest BCUT2D eigenvalue weighted by Crippen LogP contribution is 2.19. The van der Waals surface area contributed by atoms with Gasteiger partial charge in [0.05, 0.1) is 18.4 Å². The van der Waals surface area contributed by atoms with E-state index in [1.54, 1.807) is 12.1 Å². The van der Waals surface area contributed by atoms with Crippen LogP contribution in [0.4, 0.5) is 10.1 Å². The molecule has 2 rings (SSSR count). The number of benzene rings is 2. The Kier molecular flexibility index (Phi) is 5.65. The molecule has 2 aromatic carbocycles. The van der Waals surface area contributed by atoms with Gasteiger partial charge in [0.25, 0.3) is 5.91 Å². The number of carbonyl (C=O) groups excluding carboxylic acids is 1. The Balaban J connectivity index is 2.31. The van der Waals surface area contributed by atoms with Crippen LogP contribution in [0.15, 0.2) is 42.5 Å². The Morgan fingerprint density at radius 3 is 2.67 bits per heavy atom. The van der Waals surface area contributed by atoms with Crippen molar-refractivity contribution >= 4 is 17.3 Å². The number of anilines is 1. The summed E-state index contributed by atoms with van der Waals surface area (Å²) in [6.07, 6.45) is 0.600. The van der Waals surface area contributed by atoms with Gasteiger partial charge in [0.1, 0.15) is 5.82 Å². The summed E-state index contributed by atoms with van der Waals surface area (Å²) in [6.45, 7) is 1.71. The smallest absolute Gasteiger partial charge is 0.251 e. The summed E-state index contributed by atoms with van der Waals surface area (Å²) in [4.78, 5) is 12.3. The van der Waals surface area contributed by atoms with E-state index in [-0.39, 0.29) is 24.3 Å². The number of aliphatic hydroxyl groups excluding tert-OH is 1. The Bertz CT molecular complexity index is 758. The molecule has 1 atom stereocenters. The lowest BCUT2D eigenvalue weighted by atomic mass is 9.98. The molecule has 6 heteroatoms. The molecular weight excluding hydrogens is 309 g/mol. The molecule has 0 aliphatic carbocycles. The summed E-state index contributed by atoms with van der Waals surface area (Å²) < 4.78 is 13.4. The van der Waals surface area contributed by atoms with Gasteiger partial charge in [0.2, 0.25) is 0 Å². The number of hydrogen-bond acceptors (Lipinski definition) is 4. The lowest BCUT2D eigenvalue weighted by Gasteiger charge is -2.15. The van der Waals surface area contributed by atoms with Crippen LogP contribution < -0.4 is 11.1 Å². The molecule has 0 radical (unpaired) electrons. The van der Waals surface area contributed by atoms with Crippen molar-refractivity contribution < 1.29 is 14.3 Å². The monoisotopic (exact) mass is 329 g/mol. The minimum Gasteiger partial charge on any atom is -0.398 e. The van der Waals surface area contributed by atoms with Crippen LogP contribution in [0.5, 0.6) is 0 Å². The maximum Gasteiger partial charge on any atom is 0.251 e. The second-order valence-electron chi connectivity index (χ2n) is 5.45. The van der Waals surface area contributed by atoms with Crippen LogP contribution in [0, 0.1) is 11.2 Å². The Morgan fingerprint density at radius 1 is 1.29 bits per heavy atom. The highest BCUT2D eigenvalue weighted by Gasteiger charge is 2.15. The molecule has 2 aromatic rings. The van der Waals surface area contributed by atoms with Gasteiger partial charge in [0, 0.05) is 22.4 Å². The molecule has 24 heavy (non-hydrogen) atoms. The summed E-state index contributed by atoms with van der Waals surface area (Å²) >= 11 is 0. The fourth-order valence-corrected chi connectivity index (χ4v) is 2.26. The maximum absolute atomic E-state index is 13.4. The van der Waals surface area contributed by atoms with Crippen molar-refractivity contribution in [2.24, 2.45) is 0 Å². The first-order chi connectivity index (χ1) is 11.5. The standard InChI is InChI=1S/C18H20FN3O2/c1-2-14(10-23)22-18(24)12-6-7-16(20)15(9-12)17(21)11-4-3-5-13(19)8-11/h3-9,14,21,23H,2,10,20H2,1H3,(H,22,24)/t14-/m0/s1. The van der Waals surface area contributed by atoms with Crippen LogP contribution in [0.1, 0.15) is 34.8 Å². The maximum atomic E-state index is 13.4. The predicted molar refractivity (Wildman–Crippen MR) is 91.8 cm³/mol. The Hall–Kier alpha value is -2.73. The third-order valence-electron chi connectivity index (χ3n) is 3.75. The van der Waals surface area contributed by atoms with Crippen molar-refractivity contribution in [1.29, 1.82) is 5.41 Å². The van der Waals surface area contributed by atoms with E-state index in [0.29, 0.717) is 28.8 Å². The number of amides is 1. The molecular formula is C18H20FN3O2. The fourth-order valence-electron chi connectivity index (χ4n) is 2.26. The normalized spacial score (nSPS) is 11.8. The molecule has 0 saturated carbocycles. The van der Waals surface area contributed by atoms with Crippen molar-refractivity contribution in [3.63, 3.8) is 0 Å². The molecule has 0 aromatic heterocycles. The number of rotatable bonds is 6. The van der Waals surface area contributed by atoms with Crippen LogP contribution in [-0.4, -0.2) is 29.4 Å². The van der Waals surface area contributed by atoms with Gasteiger partial charge in [-0.25, -0.2) is 4.39 Å². The third-order valence-corrected chi connectivity index (χ3v) is 3.75. The second-order valence-corrected chi connectivity index (χ2v) is 5.45. The second kappa shape index (κ2) is 7.70. The van der Waals surface area contributed by atoms with Crippen molar-refractivity contribution in [3.05, 3.63) is 65.0 Å². The predicted octanol–water partition coefficient (Wildman–Crippen LogP) is 2.32. The van der Waals surface area contributed by atoms with E-state index >= 15 is 0 Å². The lowest BCUT2D eigenvalue weighted by molar-refractivity contribution is 0.0915. The van der Waals surface area contributed by atoms with Gasteiger partial charge in [-0.05, 0) is 36.8 Å². The summed E-state index contributed by atoms with van der Waals surface area (Å²) in [6, 6.07) is 9.92. The largest absolute Gasteiger partial charge is 0.398 e. The first-order valence-electron chi connectivity index (χ1n) is 7.62. The fraction of sp³-hybridized carbons (Fsp3) is 0.222. The highest BCUT2D eigenvalue weighted by atomic mass is 19.1. The molecule has 0 unspecified atom stereocenters. The van der Waals surface area contributed by atoms with Gasteiger partial charge in [-0.15, -0.1) is 0 Å². The molecule has 5 N–H and O–H groups in total. The van der Waals surface area contributed by atoms with E-state index in [1.165, 1.54) is 30.3 Å². The number of carbonyl (C=O) groups is 1. The minimum absolute atomic E-state index is 0.0378. The van der Waals surface area contributed by atoms with Gasteiger partial charge in [-0.1, -0.05) is 19.1 Å². The van der Waals surface area contributed by atoms with Crippen molar-refractivity contribution in [2.45, 2.75) is 19.4 Å². The van der Waals surface area contributed by atoms with E-state index in [9.17, 15) is 14.3 Å². The van der Waals surface area contributed by atoms with Crippen LogP contribution in [0.25, 0.3) is 0 Å². The topological polar surface area (TPSA) is 99.2 Å². The van der Waals surface area contributed by atoms with E-state index < -0.39 is 5.82 Å². The summed E-state index contributed by atoms with van der Waals surface area (Å²) in [7, 11) is 0. The van der Waals surface area contributed by atoms with Crippen LogP contribution in [0.2, 0.25) is 0 Å². The third kappa shape index (κ3) is 3.97. The van der Waals surface area contributed by atoms with E-state index in [4.69, 9.17) is 11.1 Å². The van der Waals surface area contributed by atoms with Gasteiger partial charge < -0.3 is 16.2 Å². The number of aliphatic hydroxyl groups is 1. The lowest BCUT2D eigenvalue weighted by Crippen LogP contribution is -2.37. The number of nitrogen functional groups attached to an aromatic ring is 1. The highest BCUT2D eigenvalue weighted by molar-refractivity contribution is 6.14. The molecule has 126 valence electrons. The zero-order valence-corrected chi connectivity index (χ0v) is 13.3. The average Bonchev–Trinajstić information content (AvgIpc) is 2.59. The van der Waals surface area contributed by atoms with Gasteiger partial charge in [-0.2, -0.15) is 0 Å². The summed E-state index contributed by atoms with van der Waals surface area (Å²) in [5.41, 5.74) is 7.33. The van der Waals surface area contributed by atoms with Gasteiger partial charge >= 0.3 is 0 Å². The molecule has 5 nitrogen and oxygen atoms in total. The van der Waals surface area contributed by atoms with Gasteiger partial charge in [0.15, 0.2) is 0 Å². The van der Waals surface area contributed by atoms with Crippen LogP contribution in [-0.2, 0) is 0 Å². The molecule has 0 aliphatic rings. The van der Waals surface area contributed by atoms with Crippen LogP contribution in [0.3, 0.4) is 0 Å². The first kappa shape index (κ1) is 17.6. The molecule has 0 spiro atoms. The SMILES string of the molecule is CC[C@@H](CO)NC(=O)c1ccc(N)c(C(=N)c2cccc(F)c2)c1. The number of nitrogens with two attached hydrogens (primary N) is 1. The molecule has 0 bridgehead atoms. The van der Waals surface area contributed by atoms with E-state index in [1.807, 2.05) is 6.92 Å². The van der Waals surface area contributed by atoms with E-state index in [0.717, 1.165) is 0 Å². The number of halogens is 1. The van der Waals surface area contributed by atoms with Crippen LogP contribution >= 0.6 is 0 Å². The van der Waals surface area contributed by atoms with Crippen molar-refractivity contribution in [2.75, 3.05) is 12.3 Å². The molecule has 0 fully saturated rings. The zero-order chi connectivity index (χ0) is 17.7. The van der Waals surface area contributed by atoms with E-state index in [2.05, 4.69) is 5.32 Å². The minimum atomic E-state index is -0.446. The quantitative estimate of drug-likeness (QED) is 0.483. The van der Waals surface area contributed by atoms with Crippen molar-refractivity contribution in [1.82, 2.24) is 5.32 Å².